The van der Waals surface area contributed by atoms with E-state index >= 15 is 0 Å². The minimum Gasteiger partial charge on any atom is -0.496 e. The molecule has 1 amide bonds. The Balaban J connectivity index is 2.25. The first-order valence-corrected chi connectivity index (χ1v) is 8.42. The van der Waals surface area contributed by atoms with Gasteiger partial charge in [-0.15, -0.1) is 0 Å². The van der Waals surface area contributed by atoms with Crippen molar-refractivity contribution in [2.75, 3.05) is 13.7 Å². The molecule has 1 fully saturated rings. The first-order valence-electron chi connectivity index (χ1n) is 7.62. The molecule has 0 saturated carbocycles. The molecule has 1 saturated heterocycles. The van der Waals surface area contributed by atoms with Crippen LogP contribution in [-0.4, -0.2) is 35.5 Å². The van der Waals surface area contributed by atoms with Crippen molar-refractivity contribution in [2.45, 2.75) is 39.2 Å². The minimum absolute atomic E-state index is 0.00481. The molecule has 1 aromatic carbocycles. The van der Waals surface area contributed by atoms with E-state index in [0.29, 0.717) is 6.54 Å². The number of halogens is 1. The molecule has 0 radical (unpaired) electrons. The zero-order valence-corrected chi connectivity index (χ0v) is 15.2. The van der Waals surface area contributed by atoms with Crippen LogP contribution in [0, 0.1) is 5.41 Å². The van der Waals surface area contributed by atoms with Crippen molar-refractivity contribution in [3.63, 3.8) is 0 Å². The fraction of sp³-hybridized carbons (Fsp3) is 0.529. The molecule has 2 rings (SSSR count). The summed E-state index contributed by atoms with van der Waals surface area (Å²) in [6.07, 6.45) is 1.75. The first kappa shape index (κ1) is 17.8. The topological polar surface area (TPSA) is 66.8 Å². The number of ether oxygens (including phenoxy) is 1. The SMILES string of the molecule is COc1ccc(Br)cc1C1CCCN1C(=O)CC(C)(C)C(=O)O. The van der Waals surface area contributed by atoms with Crippen LogP contribution in [0.15, 0.2) is 22.7 Å². The normalized spacial score (nSPS) is 18.1. The molecular formula is C17H22BrNO4. The molecule has 1 heterocycles. The molecule has 0 spiro atoms. The summed E-state index contributed by atoms with van der Waals surface area (Å²) < 4.78 is 6.36. The molecule has 1 aliphatic rings. The Kier molecular flexibility index (Phi) is 5.34. The number of carboxylic acid groups (broad SMARTS) is 1. The van der Waals surface area contributed by atoms with Crippen molar-refractivity contribution in [3.8, 4) is 5.75 Å². The molecule has 1 aromatic rings. The highest BCUT2D eigenvalue weighted by atomic mass is 79.9. The van der Waals surface area contributed by atoms with Crippen LogP contribution in [0.3, 0.4) is 0 Å². The van der Waals surface area contributed by atoms with Gasteiger partial charge in [0.05, 0.1) is 18.6 Å². The predicted molar refractivity (Wildman–Crippen MR) is 90.4 cm³/mol. The Hall–Kier alpha value is -1.56. The first-order chi connectivity index (χ1) is 10.8. The number of hydrogen-bond donors (Lipinski definition) is 1. The molecule has 6 heteroatoms. The predicted octanol–water partition coefficient (Wildman–Crippen LogP) is 3.62. The van der Waals surface area contributed by atoms with Gasteiger partial charge in [-0.3, -0.25) is 9.59 Å². The smallest absolute Gasteiger partial charge is 0.309 e. The van der Waals surface area contributed by atoms with E-state index in [-0.39, 0.29) is 18.4 Å². The molecule has 0 aliphatic carbocycles. The number of methoxy groups -OCH3 is 1. The number of carboxylic acids is 1. The van der Waals surface area contributed by atoms with Crippen molar-refractivity contribution in [1.29, 1.82) is 0 Å². The number of carbonyl (C=O) groups is 2. The Bertz CT molecular complexity index is 615. The van der Waals surface area contributed by atoms with Crippen LogP contribution in [0.5, 0.6) is 5.75 Å². The summed E-state index contributed by atoms with van der Waals surface area (Å²) >= 11 is 3.46. The second-order valence-electron chi connectivity index (χ2n) is 6.50. The zero-order chi connectivity index (χ0) is 17.2. The number of aliphatic carboxylic acids is 1. The third-order valence-electron chi connectivity index (χ3n) is 4.30. The van der Waals surface area contributed by atoms with Crippen LogP contribution in [0.4, 0.5) is 0 Å². The molecule has 1 N–H and O–H groups in total. The van der Waals surface area contributed by atoms with E-state index in [9.17, 15) is 14.7 Å². The van der Waals surface area contributed by atoms with E-state index in [1.54, 1.807) is 25.9 Å². The maximum absolute atomic E-state index is 12.6. The molecular weight excluding hydrogens is 362 g/mol. The van der Waals surface area contributed by atoms with Crippen molar-refractivity contribution in [3.05, 3.63) is 28.2 Å². The van der Waals surface area contributed by atoms with Gasteiger partial charge in [0.2, 0.25) is 5.91 Å². The summed E-state index contributed by atoms with van der Waals surface area (Å²) in [5.74, 6) is -0.334. The molecule has 5 nitrogen and oxygen atoms in total. The maximum atomic E-state index is 12.6. The van der Waals surface area contributed by atoms with Gasteiger partial charge in [-0.1, -0.05) is 15.9 Å². The zero-order valence-electron chi connectivity index (χ0n) is 13.6. The van der Waals surface area contributed by atoms with E-state index in [2.05, 4.69) is 15.9 Å². The number of likely N-dealkylation sites (tertiary alicyclic amines) is 1. The summed E-state index contributed by atoms with van der Waals surface area (Å²) in [5, 5.41) is 9.24. The summed E-state index contributed by atoms with van der Waals surface area (Å²) in [6, 6.07) is 5.68. The molecule has 126 valence electrons. The van der Waals surface area contributed by atoms with Gasteiger partial charge in [-0.05, 0) is 44.9 Å². The van der Waals surface area contributed by atoms with E-state index in [4.69, 9.17) is 4.74 Å². The quantitative estimate of drug-likeness (QED) is 0.842. The number of benzene rings is 1. The van der Waals surface area contributed by atoms with Gasteiger partial charge >= 0.3 is 5.97 Å². The van der Waals surface area contributed by atoms with Gasteiger partial charge in [0.15, 0.2) is 0 Å². The van der Waals surface area contributed by atoms with Gasteiger partial charge < -0.3 is 14.7 Å². The van der Waals surface area contributed by atoms with Crippen molar-refractivity contribution < 1.29 is 19.4 Å². The van der Waals surface area contributed by atoms with Gasteiger partial charge in [-0.2, -0.15) is 0 Å². The lowest BCUT2D eigenvalue weighted by molar-refractivity contribution is -0.151. The van der Waals surface area contributed by atoms with E-state index in [0.717, 1.165) is 28.6 Å². The van der Waals surface area contributed by atoms with Gasteiger partial charge in [0.1, 0.15) is 5.75 Å². The Morgan fingerprint density at radius 1 is 1.43 bits per heavy atom. The lowest BCUT2D eigenvalue weighted by atomic mass is 9.88. The van der Waals surface area contributed by atoms with Gasteiger partial charge in [0.25, 0.3) is 0 Å². The van der Waals surface area contributed by atoms with Crippen molar-refractivity contribution >= 4 is 27.8 Å². The van der Waals surface area contributed by atoms with Crippen LogP contribution in [0.1, 0.15) is 44.7 Å². The lowest BCUT2D eigenvalue weighted by Crippen LogP contribution is -2.36. The maximum Gasteiger partial charge on any atom is 0.309 e. The van der Waals surface area contributed by atoms with Gasteiger partial charge in [-0.25, -0.2) is 0 Å². The number of nitrogens with zero attached hydrogens (tertiary/aromatic N) is 1. The average molecular weight is 384 g/mol. The highest BCUT2D eigenvalue weighted by Crippen LogP contribution is 2.39. The molecule has 0 bridgehead atoms. The second-order valence-corrected chi connectivity index (χ2v) is 7.41. The Morgan fingerprint density at radius 2 is 2.13 bits per heavy atom. The van der Waals surface area contributed by atoms with Crippen LogP contribution < -0.4 is 4.74 Å². The second kappa shape index (κ2) is 6.91. The lowest BCUT2D eigenvalue weighted by Gasteiger charge is -2.29. The fourth-order valence-corrected chi connectivity index (χ4v) is 3.29. The third-order valence-corrected chi connectivity index (χ3v) is 4.79. The monoisotopic (exact) mass is 383 g/mol. The molecule has 1 atom stereocenters. The number of carbonyl (C=O) groups excluding carboxylic acids is 1. The summed E-state index contributed by atoms with van der Waals surface area (Å²) in [6.45, 7) is 3.81. The number of rotatable bonds is 5. The molecule has 23 heavy (non-hydrogen) atoms. The minimum atomic E-state index is -1.06. The van der Waals surface area contributed by atoms with Crippen LogP contribution >= 0.6 is 15.9 Å². The fourth-order valence-electron chi connectivity index (χ4n) is 2.91. The number of amides is 1. The van der Waals surface area contributed by atoms with Crippen LogP contribution in [0.2, 0.25) is 0 Å². The number of hydrogen-bond acceptors (Lipinski definition) is 3. The van der Waals surface area contributed by atoms with Crippen molar-refractivity contribution in [2.24, 2.45) is 5.41 Å². The average Bonchev–Trinajstić information content (AvgIpc) is 2.96. The highest BCUT2D eigenvalue weighted by molar-refractivity contribution is 9.10. The van der Waals surface area contributed by atoms with Gasteiger partial charge in [0, 0.05) is 23.0 Å². The molecule has 1 aliphatic heterocycles. The van der Waals surface area contributed by atoms with E-state index in [1.807, 2.05) is 18.2 Å². The summed E-state index contributed by atoms with van der Waals surface area (Å²) in [7, 11) is 1.61. The third kappa shape index (κ3) is 3.86. The Morgan fingerprint density at radius 3 is 2.74 bits per heavy atom. The summed E-state index contributed by atoms with van der Waals surface area (Å²) in [4.78, 5) is 25.7. The Labute approximate surface area is 144 Å². The summed E-state index contributed by atoms with van der Waals surface area (Å²) in [5.41, 5.74) is -0.105. The van der Waals surface area contributed by atoms with E-state index in [1.165, 1.54) is 0 Å². The molecule has 1 unspecified atom stereocenters. The largest absolute Gasteiger partial charge is 0.496 e. The standard InChI is InChI=1S/C17H22BrNO4/c1-17(2,16(21)22)10-15(20)19-8-4-5-13(19)12-9-11(18)6-7-14(12)23-3/h6-7,9,13H,4-5,8,10H2,1-3H3,(H,21,22). The van der Waals surface area contributed by atoms with E-state index < -0.39 is 11.4 Å². The van der Waals surface area contributed by atoms with Crippen molar-refractivity contribution in [1.82, 2.24) is 4.90 Å². The van der Waals surface area contributed by atoms with Crippen LogP contribution in [0.25, 0.3) is 0 Å². The van der Waals surface area contributed by atoms with Crippen LogP contribution in [-0.2, 0) is 9.59 Å². The molecule has 0 aromatic heterocycles. The highest BCUT2D eigenvalue weighted by Gasteiger charge is 2.37.